The second kappa shape index (κ2) is 8.84. The molecule has 2 atom stereocenters. The fourth-order valence-electron chi connectivity index (χ4n) is 5.28. The summed E-state index contributed by atoms with van der Waals surface area (Å²) in [6.45, 7) is 3.24. The number of hydrogen-bond acceptors (Lipinski definition) is 5. The molecule has 2 heterocycles. The molecule has 2 saturated heterocycles. The number of carbonyl (C=O) groups excluding carboxylic acids is 1. The van der Waals surface area contributed by atoms with E-state index in [1.807, 2.05) is 11.8 Å². The van der Waals surface area contributed by atoms with E-state index in [9.17, 15) is 23.1 Å². The summed E-state index contributed by atoms with van der Waals surface area (Å²) in [5.74, 6) is 0.489. The summed E-state index contributed by atoms with van der Waals surface area (Å²) in [5.41, 5.74) is -0.411. The third kappa shape index (κ3) is 4.07. The van der Waals surface area contributed by atoms with Crippen molar-refractivity contribution in [3.8, 4) is 11.8 Å². The topological polar surface area (TPSA) is 76.8 Å². The Kier molecular flexibility index (Phi) is 6.21. The molecule has 180 valence electrons. The van der Waals surface area contributed by atoms with Crippen molar-refractivity contribution < 1.29 is 27.8 Å². The summed E-state index contributed by atoms with van der Waals surface area (Å²) in [4.78, 5) is 16.9. The van der Waals surface area contributed by atoms with Crippen LogP contribution in [0.1, 0.15) is 33.5 Å². The Hall–Kier alpha value is -3.25. The second-order valence-corrected chi connectivity index (χ2v) is 9.09. The molecule has 0 aromatic heterocycles. The Morgan fingerprint density at radius 3 is 2.71 bits per heavy atom. The first kappa shape index (κ1) is 23.9. The molecule has 4 rings (SSSR count). The number of anilines is 1. The van der Waals surface area contributed by atoms with Crippen LogP contribution < -0.4 is 9.64 Å². The van der Waals surface area contributed by atoms with Crippen LogP contribution in [0.25, 0.3) is 0 Å². The Labute approximate surface area is 196 Å². The molecule has 0 bridgehead atoms. The Balaban J connectivity index is 1.59. The minimum absolute atomic E-state index is 0.0259. The van der Waals surface area contributed by atoms with Gasteiger partial charge in [0, 0.05) is 48.4 Å². The molecule has 2 fully saturated rings. The van der Waals surface area contributed by atoms with Crippen LogP contribution in [0.3, 0.4) is 0 Å². The number of nitrogens with zero attached hydrogens (tertiary/aromatic N) is 3. The van der Waals surface area contributed by atoms with Crippen molar-refractivity contribution >= 4 is 11.6 Å². The molecule has 0 radical (unpaired) electrons. The van der Waals surface area contributed by atoms with Crippen LogP contribution in [-0.2, 0) is 6.18 Å². The van der Waals surface area contributed by atoms with Crippen LogP contribution in [0.2, 0.25) is 0 Å². The van der Waals surface area contributed by atoms with E-state index in [1.165, 1.54) is 12.1 Å². The first-order valence-corrected chi connectivity index (χ1v) is 11.0. The normalized spacial score (nSPS) is 22.3. The molecule has 1 amide bonds. The van der Waals surface area contributed by atoms with Gasteiger partial charge in [-0.15, -0.1) is 0 Å². The van der Waals surface area contributed by atoms with Crippen molar-refractivity contribution in [3.63, 3.8) is 0 Å². The number of amides is 1. The number of hydrogen-bond donors (Lipinski definition) is 1. The number of rotatable bonds is 4. The molecule has 0 spiro atoms. The SMILES string of the molecule is COc1cccc(C(=O)N2CC[C@H]3CN(c4ccc(C#N)c(C(F)(F)F)c4)C[C@@]3(CO)C2)c1C. The lowest BCUT2D eigenvalue weighted by molar-refractivity contribution is -0.137. The number of aliphatic hydroxyl groups excluding tert-OH is 1. The van der Waals surface area contributed by atoms with Crippen LogP contribution in [0.15, 0.2) is 36.4 Å². The number of halogens is 3. The molecule has 34 heavy (non-hydrogen) atoms. The lowest BCUT2D eigenvalue weighted by Gasteiger charge is -2.43. The van der Waals surface area contributed by atoms with Gasteiger partial charge in [-0.25, -0.2) is 0 Å². The van der Waals surface area contributed by atoms with Gasteiger partial charge in [0.1, 0.15) is 5.75 Å². The number of methoxy groups -OCH3 is 1. The van der Waals surface area contributed by atoms with Crippen molar-refractivity contribution in [1.29, 1.82) is 5.26 Å². The summed E-state index contributed by atoms with van der Waals surface area (Å²) in [6.07, 6.45) is -4.01. The molecule has 2 aromatic rings. The monoisotopic (exact) mass is 473 g/mol. The van der Waals surface area contributed by atoms with Crippen LogP contribution in [0, 0.1) is 29.6 Å². The van der Waals surface area contributed by atoms with Crippen LogP contribution in [-0.4, -0.2) is 55.8 Å². The molecular formula is C25H26F3N3O3. The highest BCUT2D eigenvalue weighted by atomic mass is 19.4. The zero-order chi connectivity index (χ0) is 24.7. The van der Waals surface area contributed by atoms with Gasteiger partial charge in [0.05, 0.1) is 30.9 Å². The molecule has 0 aliphatic carbocycles. The summed E-state index contributed by atoms with van der Waals surface area (Å²) >= 11 is 0. The minimum Gasteiger partial charge on any atom is -0.496 e. The Morgan fingerprint density at radius 1 is 1.29 bits per heavy atom. The number of aliphatic hydroxyl groups is 1. The largest absolute Gasteiger partial charge is 0.496 e. The highest BCUT2D eigenvalue weighted by molar-refractivity contribution is 5.96. The van der Waals surface area contributed by atoms with Gasteiger partial charge in [-0.2, -0.15) is 18.4 Å². The molecule has 0 unspecified atom stereocenters. The van der Waals surface area contributed by atoms with Crippen LogP contribution in [0.4, 0.5) is 18.9 Å². The number of alkyl halides is 3. The van der Waals surface area contributed by atoms with Gasteiger partial charge in [-0.3, -0.25) is 4.79 Å². The highest BCUT2D eigenvalue weighted by Crippen LogP contribution is 2.45. The molecule has 2 aliphatic heterocycles. The van der Waals surface area contributed by atoms with Crippen molar-refractivity contribution in [2.45, 2.75) is 19.5 Å². The first-order chi connectivity index (χ1) is 16.1. The fourth-order valence-corrected chi connectivity index (χ4v) is 5.28. The summed E-state index contributed by atoms with van der Waals surface area (Å²) in [7, 11) is 1.54. The van der Waals surface area contributed by atoms with E-state index in [0.717, 1.165) is 11.6 Å². The van der Waals surface area contributed by atoms with Crippen molar-refractivity contribution in [2.75, 3.05) is 44.8 Å². The van der Waals surface area contributed by atoms with Gasteiger partial charge in [-0.1, -0.05) is 6.07 Å². The number of benzene rings is 2. The Morgan fingerprint density at radius 2 is 2.06 bits per heavy atom. The maximum absolute atomic E-state index is 13.5. The predicted molar refractivity (Wildman–Crippen MR) is 120 cm³/mol. The predicted octanol–water partition coefficient (Wildman–Crippen LogP) is 3.86. The Bertz CT molecular complexity index is 1140. The van der Waals surface area contributed by atoms with Gasteiger partial charge < -0.3 is 19.6 Å². The lowest BCUT2D eigenvalue weighted by atomic mass is 9.74. The number of piperidine rings is 1. The molecule has 1 N–H and O–H groups in total. The maximum Gasteiger partial charge on any atom is 0.417 e. The fraction of sp³-hybridized carbons (Fsp3) is 0.440. The zero-order valence-electron chi connectivity index (χ0n) is 19.0. The number of likely N-dealkylation sites (tertiary alicyclic amines) is 1. The van der Waals surface area contributed by atoms with Crippen LogP contribution >= 0.6 is 0 Å². The van der Waals surface area contributed by atoms with E-state index < -0.39 is 22.7 Å². The maximum atomic E-state index is 13.5. The van der Waals surface area contributed by atoms with E-state index in [0.29, 0.717) is 49.6 Å². The quantitative estimate of drug-likeness (QED) is 0.730. The third-order valence-electron chi connectivity index (χ3n) is 7.20. The van der Waals surface area contributed by atoms with Crippen molar-refractivity contribution in [3.05, 3.63) is 58.7 Å². The summed E-state index contributed by atoms with van der Waals surface area (Å²) < 4.78 is 45.7. The number of fused-ring (bicyclic) bond motifs is 1. The lowest BCUT2D eigenvalue weighted by Crippen LogP contribution is -2.52. The third-order valence-corrected chi connectivity index (χ3v) is 7.20. The number of nitriles is 1. The van der Waals surface area contributed by atoms with E-state index in [-0.39, 0.29) is 18.4 Å². The zero-order valence-corrected chi connectivity index (χ0v) is 19.0. The molecule has 0 saturated carbocycles. The van der Waals surface area contributed by atoms with Gasteiger partial charge in [0.25, 0.3) is 5.91 Å². The van der Waals surface area contributed by atoms with E-state index in [4.69, 9.17) is 10.00 Å². The van der Waals surface area contributed by atoms with E-state index in [2.05, 4.69) is 0 Å². The summed E-state index contributed by atoms with van der Waals surface area (Å²) in [6, 6.07) is 10.6. The summed E-state index contributed by atoms with van der Waals surface area (Å²) in [5, 5.41) is 19.5. The standard InChI is InChI=1S/C25H26F3N3O3/c1-16-20(4-3-5-22(16)34-2)23(33)30-9-8-18-12-31(14-24(18,13-30)15-32)19-7-6-17(11-29)21(10-19)25(26,27)28/h3-7,10,18,32H,8-9,12-15H2,1-2H3/t18-,24+/m0/s1. The second-order valence-electron chi connectivity index (χ2n) is 9.09. The highest BCUT2D eigenvalue weighted by Gasteiger charge is 2.50. The van der Waals surface area contributed by atoms with Gasteiger partial charge in [0.15, 0.2) is 0 Å². The minimum atomic E-state index is -4.64. The number of ether oxygens (including phenoxy) is 1. The number of carbonyl (C=O) groups is 1. The van der Waals surface area contributed by atoms with Crippen molar-refractivity contribution in [1.82, 2.24) is 4.90 Å². The van der Waals surface area contributed by atoms with Crippen molar-refractivity contribution in [2.24, 2.45) is 11.3 Å². The van der Waals surface area contributed by atoms with E-state index >= 15 is 0 Å². The average Bonchev–Trinajstić information content (AvgIpc) is 3.22. The van der Waals surface area contributed by atoms with Crippen LogP contribution in [0.5, 0.6) is 5.75 Å². The molecule has 2 aromatic carbocycles. The van der Waals surface area contributed by atoms with Gasteiger partial charge in [-0.05, 0) is 49.6 Å². The van der Waals surface area contributed by atoms with E-state index in [1.54, 1.807) is 36.3 Å². The van der Waals surface area contributed by atoms with Gasteiger partial charge >= 0.3 is 6.18 Å². The molecule has 2 aliphatic rings. The molecule has 9 heteroatoms. The first-order valence-electron chi connectivity index (χ1n) is 11.0. The molecular weight excluding hydrogens is 447 g/mol. The molecule has 6 nitrogen and oxygen atoms in total. The average molecular weight is 473 g/mol. The smallest absolute Gasteiger partial charge is 0.417 e. The van der Waals surface area contributed by atoms with Gasteiger partial charge in [0.2, 0.25) is 0 Å².